The van der Waals surface area contributed by atoms with Crippen LogP contribution < -0.4 is 15.6 Å². The van der Waals surface area contributed by atoms with Gasteiger partial charge in [-0.15, -0.1) is 11.3 Å². The van der Waals surface area contributed by atoms with Gasteiger partial charge in [-0.05, 0) is 31.5 Å². The van der Waals surface area contributed by atoms with Crippen LogP contribution >= 0.6 is 11.3 Å². The van der Waals surface area contributed by atoms with E-state index in [0.29, 0.717) is 6.54 Å². The number of aryl methyl sites for hydroxylation is 2. The lowest BCUT2D eigenvalue weighted by Gasteiger charge is -2.11. The average molecular weight is 315 g/mol. The maximum atomic E-state index is 12.1. The first-order chi connectivity index (χ1) is 10.6. The van der Waals surface area contributed by atoms with Crippen LogP contribution in [0.15, 0.2) is 34.4 Å². The molecule has 22 heavy (non-hydrogen) atoms. The van der Waals surface area contributed by atoms with Gasteiger partial charge >= 0.3 is 0 Å². The molecule has 0 amide bonds. The lowest BCUT2D eigenvalue weighted by molar-refractivity contribution is 0.416. The van der Waals surface area contributed by atoms with Crippen molar-refractivity contribution in [1.82, 2.24) is 9.38 Å². The van der Waals surface area contributed by atoms with Crippen LogP contribution in [0.1, 0.15) is 17.0 Å². The minimum absolute atomic E-state index is 0.0447. The average Bonchev–Trinajstić information content (AvgIpc) is 2.87. The lowest BCUT2D eigenvalue weighted by atomic mass is 10.2. The molecule has 1 aromatic carbocycles. The number of hydrogen-bond donors (Lipinski definition) is 1. The highest BCUT2D eigenvalue weighted by atomic mass is 32.1. The van der Waals surface area contributed by atoms with Gasteiger partial charge in [0.15, 0.2) is 4.96 Å². The van der Waals surface area contributed by atoms with Gasteiger partial charge in [0.1, 0.15) is 5.75 Å². The van der Waals surface area contributed by atoms with E-state index in [-0.39, 0.29) is 5.56 Å². The molecule has 6 heteroatoms. The molecule has 0 saturated heterocycles. The molecular weight excluding hydrogens is 298 g/mol. The molecule has 0 atom stereocenters. The second kappa shape index (κ2) is 5.81. The largest absolute Gasteiger partial charge is 0.495 e. The summed E-state index contributed by atoms with van der Waals surface area (Å²) >= 11 is 1.47. The first-order valence-corrected chi connectivity index (χ1v) is 7.82. The van der Waals surface area contributed by atoms with E-state index in [9.17, 15) is 4.79 Å². The number of nitrogens with zero attached hydrogens (tertiary/aromatic N) is 2. The Labute approximate surface area is 132 Å². The minimum atomic E-state index is -0.0447. The molecule has 2 heterocycles. The van der Waals surface area contributed by atoms with E-state index in [1.54, 1.807) is 17.6 Å². The number of anilines is 1. The van der Waals surface area contributed by atoms with E-state index >= 15 is 0 Å². The zero-order valence-electron chi connectivity index (χ0n) is 12.7. The van der Waals surface area contributed by atoms with Crippen molar-refractivity contribution in [2.45, 2.75) is 20.4 Å². The van der Waals surface area contributed by atoms with E-state index in [4.69, 9.17) is 4.74 Å². The zero-order chi connectivity index (χ0) is 15.7. The maximum Gasteiger partial charge on any atom is 0.259 e. The summed E-state index contributed by atoms with van der Waals surface area (Å²) in [5.74, 6) is 0.773. The van der Waals surface area contributed by atoms with Crippen molar-refractivity contribution in [2.75, 3.05) is 12.4 Å². The highest BCUT2D eigenvalue weighted by molar-refractivity contribution is 7.15. The van der Waals surface area contributed by atoms with Crippen LogP contribution in [-0.2, 0) is 6.54 Å². The Morgan fingerprint density at radius 1 is 1.32 bits per heavy atom. The van der Waals surface area contributed by atoms with Crippen molar-refractivity contribution in [3.63, 3.8) is 0 Å². The van der Waals surface area contributed by atoms with E-state index in [2.05, 4.69) is 10.3 Å². The number of methoxy groups -OCH3 is 1. The summed E-state index contributed by atoms with van der Waals surface area (Å²) in [7, 11) is 1.64. The molecule has 0 spiro atoms. The van der Waals surface area contributed by atoms with Gasteiger partial charge < -0.3 is 10.1 Å². The third-order valence-corrected chi connectivity index (χ3v) is 4.39. The molecule has 1 N–H and O–H groups in total. The summed E-state index contributed by atoms with van der Waals surface area (Å²) in [4.78, 5) is 17.4. The lowest BCUT2D eigenvalue weighted by Crippen LogP contribution is -2.16. The smallest absolute Gasteiger partial charge is 0.259 e. The van der Waals surface area contributed by atoms with E-state index in [0.717, 1.165) is 33.3 Å². The third-order valence-electron chi connectivity index (χ3n) is 3.44. The van der Waals surface area contributed by atoms with Crippen LogP contribution in [0.3, 0.4) is 0 Å². The second-order valence-corrected chi connectivity index (χ2v) is 5.97. The van der Waals surface area contributed by atoms with Crippen LogP contribution in [0.2, 0.25) is 0 Å². The molecule has 0 aliphatic heterocycles. The molecule has 2 aromatic heterocycles. The Morgan fingerprint density at radius 2 is 2.14 bits per heavy atom. The van der Waals surface area contributed by atoms with Crippen molar-refractivity contribution < 1.29 is 4.74 Å². The van der Waals surface area contributed by atoms with Gasteiger partial charge in [-0.3, -0.25) is 9.20 Å². The van der Waals surface area contributed by atoms with Gasteiger partial charge in [-0.2, -0.15) is 0 Å². The highest BCUT2D eigenvalue weighted by Gasteiger charge is 2.08. The maximum absolute atomic E-state index is 12.1. The quantitative estimate of drug-likeness (QED) is 0.804. The molecular formula is C16H17N3O2S. The minimum Gasteiger partial charge on any atom is -0.495 e. The number of hydrogen-bond acceptors (Lipinski definition) is 5. The summed E-state index contributed by atoms with van der Waals surface area (Å²) in [6, 6.07) is 7.50. The van der Waals surface area contributed by atoms with Crippen molar-refractivity contribution >= 4 is 22.0 Å². The molecule has 0 bridgehead atoms. The molecule has 3 rings (SSSR count). The Bertz CT molecular complexity index is 883. The number of nitrogens with one attached hydrogen (secondary N) is 1. The summed E-state index contributed by atoms with van der Waals surface area (Å²) in [6.07, 6.45) is 0. The monoisotopic (exact) mass is 315 g/mol. The summed E-state index contributed by atoms with van der Waals surface area (Å²) in [5, 5.41) is 5.22. The van der Waals surface area contributed by atoms with Crippen molar-refractivity contribution in [3.05, 3.63) is 57.0 Å². The van der Waals surface area contributed by atoms with Crippen LogP contribution in [0.4, 0.5) is 5.69 Å². The number of benzene rings is 1. The van der Waals surface area contributed by atoms with Crippen LogP contribution in [0.5, 0.6) is 5.75 Å². The normalized spacial score (nSPS) is 10.9. The van der Waals surface area contributed by atoms with Crippen molar-refractivity contribution in [1.29, 1.82) is 0 Å². The summed E-state index contributed by atoms with van der Waals surface area (Å²) in [6.45, 7) is 4.40. The zero-order valence-corrected chi connectivity index (χ0v) is 13.5. The molecule has 3 aromatic rings. The standard InChI is InChI=1S/C16H17N3O2S/c1-10-4-5-14(21-3)13(6-10)17-8-12-7-15(20)19-11(2)9-22-16(19)18-12/h4-7,9,17H,8H2,1-3H3. The first-order valence-electron chi connectivity index (χ1n) is 6.94. The van der Waals surface area contributed by atoms with Gasteiger partial charge in [0.05, 0.1) is 25.0 Å². The van der Waals surface area contributed by atoms with Crippen LogP contribution in [0.25, 0.3) is 4.96 Å². The second-order valence-electron chi connectivity index (χ2n) is 5.14. The summed E-state index contributed by atoms with van der Waals surface area (Å²) in [5.41, 5.74) is 3.62. The molecule has 0 aliphatic carbocycles. The highest BCUT2D eigenvalue weighted by Crippen LogP contribution is 2.25. The SMILES string of the molecule is COc1ccc(C)cc1NCc1cc(=O)n2c(C)csc2n1. The predicted molar refractivity (Wildman–Crippen MR) is 89.1 cm³/mol. The van der Waals surface area contributed by atoms with E-state index in [1.807, 2.05) is 37.4 Å². The molecule has 0 fully saturated rings. The Kier molecular flexibility index (Phi) is 3.85. The van der Waals surface area contributed by atoms with Crippen LogP contribution in [0, 0.1) is 13.8 Å². The molecule has 0 radical (unpaired) electrons. The molecule has 0 saturated carbocycles. The Balaban J connectivity index is 1.88. The number of ether oxygens (including phenoxy) is 1. The summed E-state index contributed by atoms with van der Waals surface area (Å²) < 4.78 is 6.97. The fraction of sp³-hybridized carbons (Fsp3) is 0.250. The van der Waals surface area contributed by atoms with E-state index < -0.39 is 0 Å². The van der Waals surface area contributed by atoms with Crippen molar-refractivity contribution in [2.24, 2.45) is 0 Å². The first kappa shape index (κ1) is 14.6. The van der Waals surface area contributed by atoms with Crippen LogP contribution in [-0.4, -0.2) is 16.5 Å². The Hall–Kier alpha value is -2.34. The van der Waals surface area contributed by atoms with Gasteiger partial charge in [0.25, 0.3) is 5.56 Å². The van der Waals surface area contributed by atoms with Crippen molar-refractivity contribution in [3.8, 4) is 5.75 Å². The predicted octanol–water partition coefficient (Wildman–Crippen LogP) is 2.99. The van der Waals surface area contributed by atoms with Gasteiger partial charge in [0, 0.05) is 17.1 Å². The molecule has 114 valence electrons. The van der Waals surface area contributed by atoms with Gasteiger partial charge in [-0.25, -0.2) is 4.98 Å². The topological polar surface area (TPSA) is 55.6 Å². The fourth-order valence-electron chi connectivity index (χ4n) is 2.34. The number of fused-ring (bicyclic) bond motifs is 1. The number of aromatic nitrogens is 2. The van der Waals surface area contributed by atoms with Gasteiger partial charge in [0.2, 0.25) is 0 Å². The fourth-order valence-corrected chi connectivity index (χ4v) is 3.23. The molecule has 5 nitrogen and oxygen atoms in total. The van der Waals surface area contributed by atoms with E-state index in [1.165, 1.54) is 11.3 Å². The number of thiazole rings is 1. The Morgan fingerprint density at radius 3 is 2.91 bits per heavy atom. The molecule has 0 aliphatic rings. The third kappa shape index (κ3) is 2.69. The molecule has 0 unspecified atom stereocenters. The number of rotatable bonds is 4. The van der Waals surface area contributed by atoms with Gasteiger partial charge in [-0.1, -0.05) is 6.07 Å².